The fourth-order valence-electron chi connectivity index (χ4n) is 3.42. The summed E-state index contributed by atoms with van der Waals surface area (Å²) in [4.78, 5) is 19.4. The molecule has 184 valence electrons. The monoisotopic (exact) mass is 524 g/mol. The van der Waals surface area contributed by atoms with Crippen LogP contribution in [0.3, 0.4) is 0 Å². The summed E-state index contributed by atoms with van der Waals surface area (Å²) in [5.41, 5.74) is 6.54. The summed E-state index contributed by atoms with van der Waals surface area (Å²) in [6.45, 7) is 1.96. The molecule has 3 aromatic carbocycles. The summed E-state index contributed by atoms with van der Waals surface area (Å²) < 4.78 is 2.04. The van der Waals surface area contributed by atoms with E-state index < -0.39 is 0 Å². The molecule has 3 aromatic heterocycles. The van der Waals surface area contributed by atoms with E-state index in [9.17, 15) is 0 Å². The van der Waals surface area contributed by atoms with Crippen LogP contribution in [0, 0.1) is 6.92 Å². The fourth-order valence-corrected chi connectivity index (χ4v) is 4.49. The molecule has 6 nitrogen and oxygen atoms in total. The Balaban J connectivity index is 0.000000181. The smallest absolute Gasteiger partial charge is 0.116 e. The van der Waals surface area contributed by atoms with Crippen LogP contribution in [0.2, 0.25) is 0 Å². The number of imidazole rings is 3. The Labute approximate surface area is 214 Å². The number of H-pyrrole nitrogens is 2. The van der Waals surface area contributed by atoms with E-state index in [1.807, 2.05) is 78.0 Å². The Kier molecular flexibility index (Phi) is 11.0. The van der Waals surface area contributed by atoms with Gasteiger partial charge < -0.3 is 14.3 Å². The number of para-hydroxylation sites is 6. The van der Waals surface area contributed by atoms with E-state index in [1.165, 1.54) is 5.52 Å². The van der Waals surface area contributed by atoms with E-state index in [-0.39, 0.29) is 14.9 Å². The molecule has 0 radical (unpaired) electrons. The number of aromatic amines is 2. The highest BCUT2D eigenvalue weighted by atomic mass is 31.0. The summed E-state index contributed by atoms with van der Waals surface area (Å²) in [7, 11) is 8.00. The molecule has 2 N–H and O–H groups in total. The van der Waals surface area contributed by atoms with Gasteiger partial charge >= 0.3 is 0 Å². The first-order valence-electron chi connectivity index (χ1n) is 10.6. The van der Waals surface area contributed by atoms with Gasteiger partial charge in [0.15, 0.2) is 0 Å². The summed E-state index contributed by atoms with van der Waals surface area (Å²) >= 11 is 0. The van der Waals surface area contributed by atoms with E-state index in [0.29, 0.717) is 0 Å². The maximum atomic E-state index is 4.45. The van der Waals surface area contributed by atoms with Crippen LogP contribution < -0.4 is 0 Å². The molecule has 3 unspecified atom stereocenters. The van der Waals surface area contributed by atoms with Gasteiger partial charge in [0, 0.05) is 12.3 Å². The Morgan fingerprint density at radius 2 is 1.23 bits per heavy atom. The van der Waals surface area contributed by atoms with Crippen molar-refractivity contribution in [2.45, 2.75) is 34.1 Å². The average Bonchev–Trinajstić information content (AvgIpc) is 3.53. The number of rotatable bonds is 2. The zero-order valence-corrected chi connectivity index (χ0v) is 21.8. The molecule has 6 aromatic rings. The molecule has 35 heavy (non-hydrogen) atoms. The topological polar surface area (TPSA) is 75.2 Å². The van der Waals surface area contributed by atoms with Gasteiger partial charge in [-0.25, -0.2) is 15.0 Å². The van der Waals surface area contributed by atoms with Gasteiger partial charge in [-0.3, -0.25) is 0 Å². The molecule has 0 saturated heterocycles. The van der Waals surface area contributed by atoms with Crippen molar-refractivity contribution >= 4 is 61.0 Å². The lowest BCUT2D eigenvalue weighted by Crippen LogP contribution is -1.85. The molecular formula is C26H35N6P3. The van der Waals surface area contributed by atoms with Crippen molar-refractivity contribution in [2.75, 3.05) is 0 Å². The van der Waals surface area contributed by atoms with Crippen molar-refractivity contribution < 1.29 is 0 Å². The highest BCUT2D eigenvalue weighted by molar-refractivity contribution is 7.16. The van der Waals surface area contributed by atoms with Crippen molar-refractivity contribution in [2.24, 2.45) is 0 Å². The van der Waals surface area contributed by atoms with Crippen LogP contribution in [-0.2, 0) is 12.3 Å². The van der Waals surface area contributed by atoms with Crippen molar-refractivity contribution in [3.63, 3.8) is 0 Å². The highest BCUT2D eigenvalue weighted by Crippen LogP contribution is 2.19. The Bertz CT molecular complexity index is 1420. The van der Waals surface area contributed by atoms with Crippen LogP contribution in [0.15, 0.2) is 72.8 Å². The Morgan fingerprint density at radius 3 is 1.77 bits per heavy atom. The fraction of sp³-hybridized carbons (Fsp3) is 0.192. The molecule has 0 aliphatic heterocycles. The Hall–Kier alpha value is -2.64. The molecule has 0 saturated carbocycles. The molecule has 3 atom stereocenters. The second kappa shape index (κ2) is 13.4. The number of nitrogens with one attached hydrogen (secondary N) is 2. The second-order valence-electron chi connectivity index (χ2n) is 7.34. The number of hydrogen-bond acceptors (Lipinski definition) is 3. The number of aromatic nitrogens is 6. The number of nitrogens with zero attached hydrogens (tertiary/aromatic N) is 4. The van der Waals surface area contributed by atoms with E-state index >= 15 is 0 Å². The molecule has 3 heterocycles. The molecule has 0 fully saturated rings. The lowest BCUT2D eigenvalue weighted by atomic mass is 10.3. The minimum atomic E-state index is 0. The normalized spacial score (nSPS) is 10.1. The molecular weight excluding hydrogens is 489 g/mol. The van der Waals surface area contributed by atoms with Crippen LogP contribution in [0.4, 0.5) is 0 Å². The third-order valence-electron chi connectivity index (χ3n) is 4.99. The van der Waals surface area contributed by atoms with Gasteiger partial charge in [-0.05, 0) is 52.7 Å². The first kappa shape index (κ1) is 28.6. The molecule has 0 bridgehead atoms. The first-order chi connectivity index (χ1) is 16.1. The van der Waals surface area contributed by atoms with Crippen LogP contribution in [-0.4, -0.2) is 29.3 Å². The highest BCUT2D eigenvalue weighted by Gasteiger charge is 2.03. The van der Waals surface area contributed by atoms with Crippen LogP contribution in [0.1, 0.15) is 32.3 Å². The average molecular weight is 525 g/mol. The van der Waals surface area contributed by atoms with Crippen molar-refractivity contribution in [1.29, 1.82) is 0 Å². The van der Waals surface area contributed by atoms with Gasteiger partial charge in [0.1, 0.15) is 17.5 Å². The molecule has 0 aliphatic rings. The number of hydrogen-bond donors (Lipinski definition) is 2. The number of fused-ring (bicyclic) bond motifs is 3. The van der Waals surface area contributed by atoms with E-state index in [0.717, 1.165) is 57.4 Å². The largest absolute Gasteiger partial charge is 0.342 e. The maximum Gasteiger partial charge on any atom is 0.116 e. The van der Waals surface area contributed by atoms with Gasteiger partial charge in [0.25, 0.3) is 0 Å². The van der Waals surface area contributed by atoms with Gasteiger partial charge in [-0.2, -0.15) is 0 Å². The van der Waals surface area contributed by atoms with Crippen LogP contribution in [0.5, 0.6) is 0 Å². The maximum absolute atomic E-state index is 4.45. The van der Waals surface area contributed by atoms with Crippen molar-refractivity contribution in [3.8, 4) is 0 Å². The third-order valence-corrected chi connectivity index (χ3v) is 6.32. The van der Waals surface area contributed by atoms with Crippen molar-refractivity contribution in [3.05, 3.63) is 90.3 Å². The summed E-state index contributed by atoms with van der Waals surface area (Å²) in [6, 6.07) is 24.2. The second-order valence-corrected chi connectivity index (χ2v) is 8.67. The SMILES string of the molecule is C.C.Cc1nc2ccccc2[nH]1.PCc1nc2ccccc2[nH]1.PCc1nc2ccccc2n1P. The van der Waals surface area contributed by atoms with E-state index in [1.54, 1.807) is 0 Å². The van der Waals surface area contributed by atoms with Crippen LogP contribution >= 0.6 is 27.9 Å². The quantitative estimate of drug-likeness (QED) is 0.237. The lowest BCUT2D eigenvalue weighted by molar-refractivity contribution is 1.09. The number of benzene rings is 3. The minimum Gasteiger partial charge on any atom is -0.342 e. The zero-order valence-electron chi connectivity index (χ0n) is 18.4. The summed E-state index contributed by atoms with van der Waals surface area (Å²) in [6.07, 6.45) is 1.77. The van der Waals surface area contributed by atoms with Gasteiger partial charge in [-0.15, -0.1) is 18.5 Å². The third kappa shape index (κ3) is 6.95. The molecule has 9 heteroatoms. The van der Waals surface area contributed by atoms with Crippen molar-refractivity contribution in [1.82, 2.24) is 29.3 Å². The minimum absolute atomic E-state index is 0. The predicted octanol–water partition coefficient (Wildman–Crippen LogP) is 7.13. The molecule has 6 rings (SSSR count). The van der Waals surface area contributed by atoms with Crippen LogP contribution in [0.25, 0.3) is 33.1 Å². The standard InChI is InChI=1S/C8H10N2P2.C8H9N2P.C8H8N2.2CH4/c11-5-8-9-6-3-1-2-4-7(6)10(8)12;11-5-8-9-6-3-1-2-4-7(6)10-8;1-6-9-7-4-2-3-5-8(7)10-6;;/h1-4H,5,11-12H2;1-4H,5,11H2,(H,9,10);2-5H,1H3,(H,9,10);2*1H4. The summed E-state index contributed by atoms with van der Waals surface area (Å²) in [5, 5.41) is 0. The predicted molar refractivity (Wildman–Crippen MR) is 162 cm³/mol. The first-order valence-corrected chi connectivity index (χ1v) is 12.7. The van der Waals surface area contributed by atoms with Gasteiger partial charge in [-0.1, -0.05) is 51.3 Å². The zero-order chi connectivity index (χ0) is 23.2. The van der Waals surface area contributed by atoms with Gasteiger partial charge in [0.2, 0.25) is 0 Å². The molecule has 0 aliphatic carbocycles. The molecule has 0 spiro atoms. The van der Waals surface area contributed by atoms with E-state index in [4.69, 9.17) is 0 Å². The lowest BCUT2D eigenvalue weighted by Gasteiger charge is -1.96. The number of aryl methyl sites for hydroxylation is 1. The van der Waals surface area contributed by atoms with E-state index in [2.05, 4.69) is 58.9 Å². The summed E-state index contributed by atoms with van der Waals surface area (Å²) in [5.74, 6) is 3.07. The van der Waals surface area contributed by atoms with Gasteiger partial charge in [0.05, 0.1) is 33.1 Å². The Morgan fingerprint density at radius 1 is 0.686 bits per heavy atom. The molecule has 0 amide bonds.